The molecule has 0 radical (unpaired) electrons. The molecule has 0 spiro atoms. The topological polar surface area (TPSA) is 86.0 Å². The van der Waals surface area contributed by atoms with Gasteiger partial charge in [-0.25, -0.2) is 9.97 Å². The van der Waals surface area contributed by atoms with Gasteiger partial charge in [0.15, 0.2) is 5.76 Å². The third kappa shape index (κ3) is 4.24. The van der Waals surface area contributed by atoms with E-state index in [2.05, 4.69) is 26.8 Å². The Morgan fingerprint density at radius 1 is 0.931 bits per heavy atom. The van der Waals surface area contributed by atoms with Crippen LogP contribution in [0.15, 0.2) is 28.9 Å². The maximum atomic E-state index is 13.0. The molecule has 9 nitrogen and oxygen atoms in total. The zero-order chi connectivity index (χ0) is 20.4. The number of anilines is 1. The summed E-state index contributed by atoms with van der Waals surface area (Å²) in [4.78, 5) is 42.4. The maximum absolute atomic E-state index is 13.0. The molecule has 2 aromatic heterocycles. The fourth-order valence-corrected chi connectivity index (χ4v) is 3.64. The Kier molecular flexibility index (Phi) is 5.48. The van der Waals surface area contributed by atoms with Crippen molar-refractivity contribution in [2.24, 2.45) is 0 Å². The molecule has 0 atom stereocenters. The van der Waals surface area contributed by atoms with Crippen molar-refractivity contribution in [2.75, 3.05) is 64.3 Å². The van der Waals surface area contributed by atoms with Crippen molar-refractivity contribution in [3.63, 3.8) is 0 Å². The minimum Gasteiger partial charge on any atom is -0.459 e. The molecule has 0 aromatic carbocycles. The highest BCUT2D eigenvalue weighted by Crippen LogP contribution is 2.16. The molecule has 2 saturated heterocycles. The summed E-state index contributed by atoms with van der Waals surface area (Å²) < 4.78 is 5.19. The van der Waals surface area contributed by atoms with Crippen LogP contribution in [-0.4, -0.2) is 95.9 Å². The molecule has 0 bridgehead atoms. The molecule has 0 aliphatic carbocycles. The molecule has 0 unspecified atom stereocenters. The molecule has 2 aromatic rings. The van der Waals surface area contributed by atoms with Gasteiger partial charge in [-0.2, -0.15) is 0 Å². The van der Waals surface area contributed by atoms with Crippen LogP contribution in [0.2, 0.25) is 0 Å². The predicted molar refractivity (Wildman–Crippen MR) is 107 cm³/mol. The lowest BCUT2D eigenvalue weighted by Crippen LogP contribution is -2.50. The predicted octanol–water partition coefficient (Wildman–Crippen LogP) is 0.728. The van der Waals surface area contributed by atoms with E-state index in [1.165, 1.54) is 6.26 Å². The molecule has 2 aliphatic rings. The summed E-state index contributed by atoms with van der Waals surface area (Å²) in [7, 11) is 2.10. The monoisotopic (exact) mass is 398 g/mol. The third-order valence-electron chi connectivity index (χ3n) is 5.43. The van der Waals surface area contributed by atoms with Gasteiger partial charge < -0.3 is 24.0 Å². The normalized spacial score (nSPS) is 18.2. The number of nitrogens with zero attached hydrogens (tertiary/aromatic N) is 6. The maximum Gasteiger partial charge on any atom is 0.289 e. The largest absolute Gasteiger partial charge is 0.459 e. The first-order chi connectivity index (χ1) is 14.0. The summed E-state index contributed by atoms with van der Waals surface area (Å²) in [5.74, 6) is 0.689. The van der Waals surface area contributed by atoms with E-state index in [9.17, 15) is 9.59 Å². The summed E-state index contributed by atoms with van der Waals surface area (Å²) in [6.07, 6.45) is 1.49. The van der Waals surface area contributed by atoms with Crippen LogP contribution in [0, 0.1) is 6.92 Å². The summed E-state index contributed by atoms with van der Waals surface area (Å²) in [5.41, 5.74) is 1.20. The highest BCUT2D eigenvalue weighted by Gasteiger charge is 2.28. The summed E-state index contributed by atoms with van der Waals surface area (Å²) in [6.45, 7) is 7.37. The van der Waals surface area contributed by atoms with Gasteiger partial charge >= 0.3 is 0 Å². The van der Waals surface area contributed by atoms with E-state index in [1.54, 1.807) is 28.0 Å². The molecular weight excluding hydrogens is 372 g/mol. The fraction of sp³-hybridized carbons (Fsp3) is 0.500. The van der Waals surface area contributed by atoms with E-state index in [0.717, 1.165) is 31.9 Å². The number of amides is 2. The van der Waals surface area contributed by atoms with Crippen molar-refractivity contribution in [2.45, 2.75) is 6.92 Å². The molecule has 4 heterocycles. The highest BCUT2D eigenvalue weighted by atomic mass is 16.3. The second-order valence-corrected chi connectivity index (χ2v) is 7.55. The van der Waals surface area contributed by atoms with Crippen molar-refractivity contribution in [1.82, 2.24) is 24.7 Å². The molecule has 9 heteroatoms. The average molecular weight is 398 g/mol. The first-order valence-electron chi connectivity index (χ1n) is 9.92. The van der Waals surface area contributed by atoms with Gasteiger partial charge in [0.25, 0.3) is 11.8 Å². The Hall–Kier alpha value is -2.94. The quantitative estimate of drug-likeness (QED) is 0.753. The molecule has 2 aliphatic heterocycles. The third-order valence-corrected chi connectivity index (χ3v) is 5.43. The number of likely N-dealkylation sites (N-methyl/N-ethyl adjacent to an activating group) is 1. The van der Waals surface area contributed by atoms with E-state index in [-0.39, 0.29) is 11.8 Å². The van der Waals surface area contributed by atoms with Crippen LogP contribution in [0.5, 0.6) is 0 Å². The van der Waals surface area contributed by atoms with Gasteiger partial charge in [-0.3, -0.25) is 9.59 Å². The van der Waals surface area contributed by atoms with Crippen LogP contribution in [0.25, 0.3) is 0 Å². The Balaban J connectivity index is 1.41. The SMILES string of the molecule is Cc1cc(C(=O)N2CCN(C(=O)c3ccco3)CC2)nc(N2CCN(C)CC2)n1. The lowest BCUT2D eigenvalue weighted by atomic mass is 10.2. The second kappa shape index (κ2) is 8.20. The van der Waals surface area contributed by atoms with Crippen LogP contribution in [0.3, 0.4) is 0 Å². The number of furan rings is 1. The molecule has 2 amide bonds. The zero-order valence-electron chi connectivity index (χ0n) is 16.9. The Morgan fingerprint density at radius 2 is 1.59 bits per heavy atom. The molecule has 4 rings (SSSR count). The van der Waals surface area contributed by atoms with Crippen molar-refractivity contribution in [1.29, 1.82) is 0 Å². The van der Waals surface area contributed by atoms with E-state index in [4.69, 9.17) is 4.42 Å². The first-order valence-corrected chi connectivity index (χ1v) is 9.92. The van der Waals surface area contributed by atoms with Gasteiger partial charge in [-0.1, -0.05) is 0 Å². The number of aromatic nitrogens is 2. The standard InChI is InChI=1S/C20H26N6O3/c1-15-14-16(22-20(21-15)26-7-5-23(2)6-8-26)18(27)24-9-11-25(12-10-24)19(28)17-4-3-13-29-17/h3-4,13-14H,5-12H2,1-2H3. The van der Waals surface area contributed by atoms with Crippen molar-refractivity contribution < 1.29 is 14.0 Å². The number of aryl methyl sites for hydroxylation is 1. The Morgan fingerprint density at radius 3 is 2.21 bits per heavy atom. The van der Waals surface area contributed by atoms with Gasteiger partial charge in [0, 0.05) is 58.1 Å². The van der Waals surface area contributed by atoms with Gasteiger partial charge in [0.2, 0.25) is 5.95 Å². The Bertz CT molecular complexity index is 868. The van der Waals surface area contributed by atoms with Crippen LogP contribution in [-0.2, 0) is 0 Å². The molecule has 29 heavy (non-hydrogen) atoms. The lowest BCUT2D eigenvalue weighted by molar-refractivity contribution is 0.0515. The summed E-state index contributed by atoms with van der Waals surface area (Å²) in [6, 6.07) is 5.09. The molecule has 2 fully saturated rings. The van der Waals surface area contributed by atoms with E-state index >= 15 is 0 Å². The minimum absolute atomic E-state index is 0.115. The number of piperazine rings is 2. The summed E-state index contributed by atoms with van der Waals surface area (Å²) in [5, 5.41) is 0. The molecule has 0 N–H and O–H groups in total. The molecular formula is C20H26N6O3. The summed E-state index contributed by atoms with van der Waals surface area (Å²) >= 11 is 0. The van der Waals surface area contributed by atoms with E-state index < -0.39 is 0 Å². The van der Waals surface area contributed by atoms with Crippen molar-refractivity contribution >= 4 is 17.8 Å². The van der Waals surface area contributed by atoms with E-state index in [1.807, 2.05) is 6.92 Å². The number of carbonyl (C=O) groups excluding carboxylic acids is 2. The van der Waals surface area contributed by atoms with Crippen LogP contribution in [0.1, 0.15) is 26.7 Å². The van der Waals surface area contributed by atoms with Crippen LogP contribution >= 0.6 is 0 Å². The fourth-order valence-electron chi connectivity index (χ4n) is 3.64. The van der Waals surface area contributed by atoms with Crippen LogP contribution in [0.4, 0.5) is 5.95 Å². The number of rotatable bonds is 3. The first kappa shape index (κ1) is 19.4. The van der Waals surface area contributed by atoms with Crippen molar-refractivity contribution in [3.8, 4) is 0 Å². The van der Waals surface area contributed by atoms with Gasteiger partial charge in [0.1, 0.15) is 5.69 Å². The highest BCUT2D eigenvalue weighted by molar-refractivity contribution is 5.94. The van der Waals surface area contributed by atoms with Crippen molar-refractivity contribution in [3.05, 3.63) is 41.6 Å². The minimum atomic E-state index is -0.141. The van der Waals surface area contributed by atoms with E-state index in [0.29, 0.717) is 43.6 Å². The average Bonchev–Trinajstić information content (AvgIpc) is 3.28. The van der Waals surface area contributed by atoms with Gasteiger partial charge in [-0.05, 0) is 32.2 Å². The zero-order valence-corrected chi connectivity index (χ0v) is 16.9. The molecule has 0 saturated carbocycles. The van der Waals surface area contributed by atoms with Crippen LogP contribution < -0.4 is 4.90 Å². The Labute approximate surface area is 169 Å². The smallest absolute Gasteiger partial charge is 0.289 e. The number of hydrogen-bond acceptors (Lipinski definition) is 7. The second-order valence-electron chi connectivity index (χ2n) is 7.55. The number of carbonyl (C=O) groups is 2. The number of hydrogen-bond donors (Lipinski definition) is 0. The lowest BCUT2D eigenvalue weighted by Gasteiger charge is -2.34. The molecule has 154 valence electrons. The van der Waals surface area contributed by atoms with Gasteiger partial charge in [0.05, 0.1) is 6.26 Å². The van der Waals surface area contributed by atoms with Gasteiger partial charge in [-0.15, -0.1) is 0 Å².